The van der Waals surface area contributed by atoms with Crippen LogP contribution >= 0.6 is 22.7 Å². The third-order valence-electron chi connectivity index (χ3n) is 2.79. The van der Waals surface area contributed by atoms with Gasteiger partial charge in [0.05, 0.1) is 16.4 Å². The molecule has 5 nitrogen and oxygen atoms in total. The molecule has 21 heavy (non-hydrogen) atoms. The average Bonchev–Trinajstić information content (AvgIpc) is 3.06. The number of thiazole rings is 2. The molecular weight excluding hydrogens is 304 g/mol. The fourth-order valence-corrected chi connectivity index (χ4v) is 3.40. The number of aromatic nitrogens is 3. The fourth-order valence-electron chi connectivity index (χ4n) is 1.87. The number of nitrogens with one attached hydrogen (secondary N) is 1. The van der Waals surface area contributed by atoms with Gasteiger partial charge >= 0.3 is 0 Å². The number of hydrogen-bond acceptors (Lipinski definition) is 6. The molecule has 0 radical (unpaired) electrons. The van der Waals surface area contributed by atoms with Crippen LogP contribution < -0.4 is 5.32 Å². The van der Waals surface area contributed by atoms with E-state index in [4.69, 9.17) is 0 Å². The minimum absolute atomic E-state index is 0.162. The molecule has 3 aromatic heterocycles. The van der Waals surface area contributed by atoms with Crippen LogP contribution in [0, 0.1) is 13.8 Å². The first-order chi connectivity index (χ1) is 10.1. The molecular formula is C14H12N4OS2. The van der Waals surface area contributed by atoms with E-state index in [1.54, 1.807) is 12.4 Å². The lowest BCUT2D eigenvalue weighted by Crippen LogP contribution is -2.11. The molecule has 0 aromatic carbocycles. The third-order valence-corrected chi connectivity index (χ3v) is 4.62. The highest BCUT2D eigenvalue weighted by atomic mass is 32.1. The van der Waals surface area contributed by atoms with Crippen molar-refractivity contribution in [2.45, 2.75) is 13.8 Å². The van der Waals surface area contributed by atoms with E-state index in [1.165, 1.54) is 22.7 Å². The number of amides is 1. The van der Waals surface area contributed by atoms with Crippen LogP contribution in [0.1, 0.15) is 20.4 Å². The van der Waals surface area contributed by atoms with Crippen LogP contribution in [0.3, 0.4) is 0 Å². The molecule has 106 valence electrons. The summed E-state index contributed by atoms with van der Waals surface area (Å²) in [6.45, 7) is 3.72. The van der Waals surface area contributed by atoms with E-state index in [0.29, 0.717) is 10.0 Å². The van der Waals surface area contributed by atoms with E-state index in [0.717, 1.165) is 22.0 Å². The van der Waals surface area contributed by atoms with Gasteiger partial charge in [-0.3, -0.25) is 15.1 Å². The summed E-state index contributed by atoms with van der Waals surface area (Å²) in [5, 5.41) is 6.18. The predicted octanol–water partition coefficient (Wildman–Crippen LogP) is 3.53. The molecule has 0 saturated heterocycles. The van der Waals surface area contributed by atoms with Gasteiger partial charge in [-0.05, 0) is 26.0 Å². The highest BCUT2D eigenvalue weighted by Crippen LogP contribution is 2.25. The number of pyridine rings is 1. The first kappa shape index (κ1) is 13.8. The first-order valence-electron chi connectivity index (χ1n) is 6.25. The van der Waals surface area contributed by atoms with E-state index in [-0.39, 0.29) is 5.91 Å². The lowest BCUT2D eigenvalue weighted by molar-refractivity contribution is 0.103. The van der Waals surface area contributed by atoms with Crippen molar-refractivity contribution in [1.82, 2.24) is 15.0 Å². The number of carbonyl (C=O) groups excluding carboxylic acids is 1. The Morgan fingerprint density at radius 3 is 2.81 bits per heavy atom. The summed E-state index contributed by atoms with van der Waals surface area (Å²) < 4.78 is 0. The van der Waals surface area contributed by atoms with Gasteiger partial charge in [0.2, 0.25) is 0 Å². The second kappa shape index (κ2) is 5.71. The number of anilines is 1. The van der Waals surface area contributed by atoms with E-state index >= 15 is 0 Å². The minimum atomic E-state index is -0.162. The molecule has 1 N–H and O–H groups in total. The molecule has 0 aliphatic rings. The molecule has 0 fully saturated rings. The molecule has 0 bridgehead atoms. The zero-order valence-corrected chi connectivity index (χ0v) is 13.1. The van der Waals surface area contributed by atoms with Crippen molar-refractivity contribution in [2.24, 2.45) is 0 Å². The summed E-state index contributed by atoms with van der Waals surface area (Å²) in [5.74, 6) is -0.162. The summed E-state index contributed by atoms with van der Waals surface area (Å²) >= 11 is 2.78. The highest BCUT2D eigenvalue weighted by Gasteiger charge is 2.15. The first-order valence-corrected chi connectivity index (χ1v) is 7.94. The number of carbonyl (C=O) groups is 1. The molecule has 3 aromatic rings. The third kappa shape index (κ3) is 2.98. The molecule has 3 rings (SSSR count). The van der Waals surface area contributed by atoms with Gasteiger partial charge in [0.1, 0.15) is 4.88 Å². The van der Waals surface area contributed by atoms with Gasteiger partial charge in [-0.15, -0.1) is 22.7 Å². The molecule has 1 amide bonds. The normalized spacial score (nSPS) is 10.6. The molecule has 0 saturated carbocycles. The van der Waals surface area contributed by atoms with Crippen molar-refractivity contribution < 1.29 is 4.79 Å². The second-order valence-corrected chi connectivity index (χ2v) is 6.44. The van der Waals surface area contributed by atoms with Gasteiger partial charge in [-0.25, -0.2) is 9.97 Å². The molecule has 7 heteroatoms. The Hall–Kier alpha value is -2.12. The van der Waals surface area contributed by atoms with Crippen LogP contribution in [0.15, 0.2) is 29.9 Å². The van der Waals surface area contributed by atoms with Gasteiger partial charge in [0.25, 0.3) is 5.91 Å². The quantitative estimate of drug-likeness (QED) is 0.802. The van der Waals surface area contributed by atoms with Gasteiger partial charge in [0.15, 0.2) is 5.13 Å². The Morgan fingerprint density at radius 2 is 2.14 bits per heavy atom. The minimum Gasteiger partial charge on any atom is -0.297 e. The van der Waals surface area contributed by atoms with Gasteiger partial charge in [0, 0.05) is 23.3 Å². The van der Waals surface area contributed by atoms with E-state index in [1.807, 2.05) is 31.4 Å². The maximum Gasteiger partial charge on any atom is 0.269 e. The number of nitrogens with zero attached hydrogens (tertiary/aromatic N) is 3. The number of rotatable bonds is 3. The van der Waals surface area contributed by atoms with E-state index in [9.17, 15) is 4.79 Å². The van der Waals surface area contributed by atoms with Crippen molar-refractivity contribution in [2.75, 3.05) is 5.32 Å². The Bertz CT molecular complexity index is 779. The summed E-state index contributed by atoms with van der Waals surface area (Å²) in [6.07, 6.45) is 3.46. The maximum atomic E-state index is 12.2. The van der Waals surface area contributed by atoms with Crippen LogP contribution in [0.4, 0.5) is 5.13 Å². The largest absolute Gasteiger partial charge is 0.297 e. The summed E-state index contributed by atoms with van der Waals surface area (Å²) in [6, 6.07) is 3.79. The zero-order chi connectivity index (χ0) is 14.8. The summed E-state index contributed by atoms with van der Waals surface area (Å²) in [4.78, 5) is 25.6. The predicted molar refractivity (Wildman–Crippen MR) is 84.9 cm³/mol. The lowest BCUT2D eigenvalue weighted by atomic mass is 10.2. The highest BCUT2D eigenvalue weighted by molar-refractivity contribution is 7.15. The molecule has 0 aliphatic heterocycles. The van der Waals surface area contributed by atoms with E-state index in [2.05, 4.69) is 20.3 Å². The summed E-state index contributed by atoms with van der Waals surface area (Å²) in [5.41, 5.74) is 2.48. The Balaban J connectivity index is 1.79. The second-order valence-electron chi connectivity index (χ2n) is 4.38. The lowest BCUT2D eigenvalue weighted by Gasteiger charge is -1.99. The van der Waals surface area contributed by atoms with Gasteiger partial charge < -0.3 is 0 Å². The SMILES string of the molecule is Cc1nc(C)c(C(=O)Nc2nc(-c3cccnc3)cs2)s1. The van der Waals surface area contributed by atoms with Crippen molar-refractivity contribution >= 4 is 33.7 Å². The van der Waals surface area contributed by atoms with Crippen molar-refractivity contribution in [3.63, 3.8) is 0 Å². The van der Waals surface area contributed by atoms with Crippen molar-refractivity contribution in [3.8, 4) is 11.3 Å². The van der Waals surface area contributed by atoms with Crippen molar-refractivity contribution in [3.05, 3.63) is 45.5 Å². The monoisotopic (exact) mass is 316 g/mol. The molecule has 0 unspecified atom stereocenters. The van der Waals surface area contributed by atoms with Crippen LogP contribution in [0.2, 0.25) is 0 Å². The molecule has 0 aliphatic carbocycles. The summed E-state index contributed by atoms with van der Waals surface area (Å²) in [7, 11) is 0. The average molecular weight is 316 g/mol. The topological polar surface area (TPSA) is 67.8 Å². The van der Waals surface area contributed by atoms with E-state index < -0.39 is 0 Å². The number of hydrogen-bond donors (Lipinski definition) is 1. The Morgan fingerprint density at radius 1 is 1.29 bits per heavy atom. The van der Waals surface area contributed by atoms with Crippen LogP contribution in [-0.2, 0) is 0 Å². The number of aryl methyl sites for hydroxylation is 2. The fraction of sp³-hybridized carbons (Fsp3) is 0.143. The smallest absolute Gasteiger partial charge is 0.269 e. The Labute approximate surface area is 129 Å². The Kier molecular flexibility index (Phi) is 3.76. The molecule has 0 atom stereocenters. The van der Waals surface area contributed by atoms with Crippen LogP contribution in [0.25, 0.3) is 11.3 Å². The standard InChI is InChI=1S/C14H12N4OS2/c1-8-12(21-9(2)16-8)13(19)18-14-17-11(7-20-14)10-4-3-5-15-6-10/h3-7H,1-2H3,(H,17,18,19). The maximum absolute atomic E-state index is 12.2. The molecule has 3 heterocycles. The van der Waals surface area contributed by atoms with Gasteiger partial charge in [-0.1, -0.05) is 0 Å². The van der Waals surface area contributed by atoms with Crippen LogP contribution in [-0.4, -0.2) is 20.9 Å². The molecule has 0 spiro atoms. The van der Waals surface area contributed by atoms with Gasteiger partial charge in [-0.2, -0.15) is 0 Å². The zero-order valence-electron chi connectivity index (χ0n) is 11.5. The van der Waals surface area contributed by atoms with Crippen LogP contribution in [0.5, 0.6) is 0 Å². The van der Waals surface area contributed by atoms with Crippen molar-refractivity contribution in [1.29, 1.82) is 0 Å².